The summed E-state index contributed by atoms with van der Waals surface area (Å²) >= 11 is 0. The van der Waals surface area contributed by atoms with Crippen LogP contribution in [0.25, 0.3) is 0 Å². The van der Waals surface area contributed by atoms with Gasteiger partial charge >= 0.3 is 0 Å². The lowest BCUT2D eigenvalue weighted by Crippen LogP contribution is -2.42. The highest BCUT2D eigenvalue weighted by Gasteiger charge is 2.42. The molecule has 2 aliphatic heterocycles. The molecule has 0 amide bonds. The molecule has 2 heterocycles. The predicted molar refractivity (Wildman–Crippen MR) is 52.0 cm³/mol. The molecule has 3 nitrogen and oxygen atoms in total. The minimum Gasteiger partial charge on any atom is -0.378 e. The third kappa shape index (κ3) is 1.74. The molecular weight excluding hydrogens is 180 g/mol. The first kappa shape index (κ1) is 9.87. The van der Waals surface area contributed by atoms with E-state index in [1.807, 2.05) is 0 Å². The summed E-state index contributed by atoms with van der Waals surface area (Å²) in [5, 5.41) is 0. The number of carbonyl (C=O) groups excluding carboxylic acids is 1. The van der Waals surface area contributed by atoms with Gasteiger partial charge in [0.2, 0.25) is 0 Å². The smallest absolute Gasteiger partial charge is 0.158 e. The normalized spacial score (nSPS) is 37.3. The quantitative estimate of drug-likeness (QED) is 0.625. The van der Waals surface area contributed by atoms with Gasteiger partial charge in [-0.2, -0.15) is 0 Å². The monoisotopic (exact) mass is 196 g/mol. The number of carbonyl (C=O) groups is 1. The van der Waals surface area contributed by atoms with Gasteiger partial charge in [0.05, 0.1) is 12.2 Å². The fourth-order valence-corrected chi connectivity index (χ4v) is 2.30. The molecule has 3 heteroatoms. The summed E-state index contributed by atoms with van der Waals surface area (Å²) in [5.41, 5.74) is -0.165. The molecule has 2 unspecified atom stereocenters. The predicted octanol–water partition coefficient (Wildman–Crippen LogP) is 1.33. The van der Waals surface area contributed by atoms with Crippen LogP contribution < -0.4 is 0 Å². The Kier molecular flexibility index (Phi) is 2.70. The fraction of sp³-hybridized carbons (Fsp3) is 0.727. The zero-order chi connectivity index (χ0) is 10.0. The van der Waals surface area contributed by atoms with E-state index < -0.39 is 0 Å². The fourth-order valence-electron chi connectivity index (χ4n) is 2.30. The van der Waals surface area contributed by atoms with Gasteiger partial charge in [0.25, 0.3) is 0 Å². The van der Waals surface area contributed by atoms with Gasteiger partial charge < -0.3 is 9.47 Å². The molecule has 0 aliphatic carbocycles. The van der Waals surface area contributed by atoms with Crippen molar-refractivity contribution in [3.05, 3.63) is 12.7 Å². The average Bonchev–Trinajstić information content (AvgIpc) is 2.65. The van der Waals surface area contributed by atoms with Crippen LogP contribution in [0.3, 0.4) is 0 Å². The topological polar surface area (TPSA) is 35.5 Å². The van der Waals surface area contributed by atoms with E-state index in [2.05, 4.69) is 6.58 Å². The zero-order valence-electron chi connectivity index (χ0n) is 8.33. The first-order valence-corrected chi connectivity index (χ1v) is 5.14. The Morgan fingerprint density at radius 3 is 3.00 bits per heavy atom. The molecule has 0 bridgehead atoms. The molecule has 0 radical (unpaired) electrons. The van der Waals surface area contributed by atoms with Crippen molar-refractivity contribution in [1.29, 1.82) is 0 Å². The molecule has 1 spiro atoms. The maximum atomic E-state index is 11.5. The Balaban J connectivity index is 2.03. The summed E-state index contributed by atoms with van der Waals surface area (Å²) < 4.78 is 11.1. The number of rotatable bonds is 2. The van der Waals surface area contributed by atoms with E-state index in [1.54, 1.807) is 0 Å². The average molecular weight is 196 g/mol. The molecule has 14 heavy (non-hydrogen) atoms. The molecule has 78 valence electrons. The Bertz CT molecular complexity index is 241. The van der Waals surface area contributed by atoms with Crippen LogP contribution in [-0.4, -0.2) is 31.2 Å². The first-order valence-electron chi connectivity index (χ1n) is 5.14. The Hall–Kier alpha value is -0.670. The van der Waals surface area contributed by atoms with Crippen LogP contribution in [0.1, 0.15) is 19.3 Å². The third-order valence-corrected chi connectivity index (χ3v) is 3.16. The van der Waals surface area contributed by atoms with E-state index >= 15 is 0 Å². The van der Waals surface area contributed by atoms with E-state index in [9.17, 15) is 4.79 Å². The van der Waals surface area contributed by atoms with E-state index in [4.69, 9.17) is 9.47 Å². The van der Waals surface area contributed by atoms with Gasteiger partial charge in [-0.3, -0.25) is 4.79 Å². The second-order valence-electron chi connectivity index (χ2n) is 4.13. The number of hydrogen-bond donors (Lipinski definition) is 0. The Labute approximate surface area is 84.1 Å². The van der Waals surface area contributed by atoms with Crippen LogP contribution in [0.4, 0.5) is 0 Å². The summed E-state index contributed by atoms with van der Waals surface area (Å²) in [6.45, 7) is 5.61. The Morgan fingerprint density at radius 1 is 1.50 bits per heavy atom. The van der Waals surface area contributed by atoms with Crippen LogP contribution in [0, 0.1) is 5.92 Å². The van der Waals surface area contributed by atoms with Crippen LogP contribution in [-0.2, 0) is 14.3 Å². The molecule has 0 N–H and O–H groups in total. The second kappa shape index (κ2) is 3.83. The minimum absolute atomic E-state index is 0.1000. The molecule has 2 aliphatic rings. The molecule has 2 saturated heterocycles. The van der Waals surface area contributed by atoms with E-state index in [-0.39, 0.29) is 17.3 Å². The molecule has 2 rings (SSSR count). The largest absolute Gasteiger partial charge is 0.378 e. The molecule has 0 aromatic carbocycles. The molecule has 2 atom stereocenters. The van der Waals surface area contributed by atoms with Gasteiger partial charge in [-0.05, 0) is 18.9 Å². The number of ether oxygens (including phenoxy) is 2. The summed E-state index contributed by atoms with van der Waals surface area (Å²) in [6, 6.07) is 0. The van der Waals surface area contributed by atoms with Gasteiger partial charge in [0, 0.05) is 25.6 Å². The summed E-state index contributed by atoms with van der Waals surface area (Å²) in [7, 11) is 0. The lowest BCUT2D eigenvalue weighted by Gasteiger charge is -2.36. The van der Waals surface area contributed by atoms with Crippen LogP contribution in [0.15, 0.2) is 12.7 Å². The Morgan fingerprint density at radius 2 is 2.36 bits per heavy atom. The summed E-state index contributed by atoms with van der Waals surface area (Å²) in [5.74, 6) is 0.252. The van der Waals surface area contributed by atoms with Gasteiger partial charge in [-0.25, -0.2) is 0 Å². The van der Waals surface area contributed by atoms with Gasteiger partial charge in [-0.1, -0.05) is 6.58 Å². The van der Waals surface area contributed by atoms with Crippen molar-refractivity contribution in [2.75, 3.05) is 19.8 Å². The van der Waals surface area contributed by atoms with Crippen molar-refractivity contribution < 1.29 is 14.3 Å². The lowest BCUT2D eigenvalue weighted by molar-refractivity contribution is -0.132. The molecule has 0 aromatic rings. The number of allylic oxidation sites excluding steroid dienone is 1. The SMILES string of the molecule is C=CC(=O)C1CCOC2(CCOC2)C1. The van der Waals surface area contributed by atoms with Crippen LogP contribution in [0.5, 0.6) is 0 Å². The summed E-state index contributed by atoms with van der Waals surface area (Å²) in [6.07, 6.45) is 3.98. The molecular formula is C11H16O3. The number of ketones is 1. The van der Waals surface area contributed by atoms with E-state index in [1.165, 1.54) is 6.08 Å². The maximum absolute atomic E-state index is 11.5. The highest BCUT2D eigenvalue weighted by molar-refractivity contribution is 5.91. The third-order valence-electron chi connectivity index (χ3n) is 3.16. The van der Waals surface area contributed by atoms with Crippen molar-refractivity contribution in [2.45, 2.75) is 24.9 Å². The van der Waals surface area contributed by atoms with Crippen molar-refractivity contribution in [2.24, 2.45) is 5.92 Å². The number of hydrogen-bond acceptors (Lipinski definition) is 3. The van der Waals surface area contributed by atoms with Crippen molar-refractivity contribution >= 4 is 5.78 Å². The van der Waals surface area contributed by atoms with Crippen molar-refractivity contribution in [3.63, 3.8) is 0 Å². The molecule has 0 aromatic heterocycles. The standard InChI is InChI=1S/C11H16O3/c1-2-10(12)9-3-5-14-11(7-9)4-6-13-8-11/h2,9H,1,3-8H2. The highest BCUT2D eigenvalue weighted by Crippen LogP contribution is 2.36. The van der Waals surface area contributed by atoms with Gasteiger partial charge in [-0.15, -0.1) is 0 Å². The lowest BCUT2D eigenvalue weighted by atomic mass is 9.83. The second-order valence-corrected chi connectivity index (χ2v) is 4.13. The summed E-state index contributed by atoms with van der Waals surface area (Å²) in [4.78, 5) is 11.5. The molecule has 2 fully saturated rings. The highest BCUT2D eigenvalue weighted by atomic mass is 16.6. The zero-order valence-corrected chi connectivity index (χ0v) is 8.33. The maximum Gasteiger partial charge on any atom is 0.158 e. The van der Waals surface area contributed by atoms with Crippen molar-refractivity contribution in [3.8, 4) is 0 Å². The first-order chi connectivity index (χ1) is 6.76. The minimum atomic E-state index is -0.165. The van der Waals surface area contributed by atoms with Crippen LogP contribution >= 0.6 is 0 Å². The van der Waals surface area contributed by atoms with Crippen LogP contribution in [0.2, 0.25) is 0 Å². The van der Waals surface area contributed by atoms with Crippen molar-refractivity contribution in [1.82, 2.24) is 0 Å². The van der Waals surface area contributed by atoms with Gasteiger partial charge in [0.1, 0.15) is 0 Å². The van der Waals surface area contributed by atoms with E-state index in [0.29, 0.717) is 13.2 Å². The van der Waals surface area contributed by atoms with E-state index in [0.717, 1.165) is 25.9 Å². The van der Waals surface area contributed by atoms with Gasteiger partial charge in [0.15, 0.2) is 5.78 Å². The molecule has 0 saturated carbocycles.